The van der Waals surface area contributed by atoms with Crippen LogP contribution in [-0.2, 0) is 13.1 Å². The van der Waals surface area contributed by atoms with Crippen molar-refractivity contribution >= 4 is 0 Å². The quantitative estimate of drug-likeness (QED) is 0.612. The first-order valence-corrected chi connectivity index (χ1v) is 4.57. The Bertz CT molecular complexity index is 365. The van der Waals surface area contributed by atoms with Crippen LogP contribution in [0.2, 0.25) is 0 Å². The molecule has 0 aliphatic carbocycles. The summed E-state index contributed by atoms with van der Waals surface area (Å²) in [7, 11) is 0. The van der Waals surface area contributed by atoms with Crippen molar-refractivity contribution in [3.8, 4) is 0 Å². The number of aromatic nitrogens is 1. The molecule has 0 saturated carbocycles. The number of hydrogen-bond donors (Lipinski definition) is 1. The maximum Gasteiger partial charge on any atom is 0.117 e. The van der Waals surface area contributed by atoms with Crippen LogP contribution < -0.4 is 39.3 Å². The van der Waals surface area contributed by atoms with E-state index in [1.165, 1.54) is 5.56 Å². The van der Waals surface area contributed by atoms with Crippen LogP contribution in [-0.4, -0.2) is 4.98 Å². The first-order chi connectivity index (χ1) is 6.95. The van der Waals surface area contributed by atoms with E-state index in [4.69, 9.17) is 4.42 Å². The van der Waals surface area contributed by atoms with Crippen molar-refractivity contribution in [2.75, 3.05) is 0 Å². The minimum Gasteiger partial charge on any atom is -1.00 e. The van der Waals surface area contributed by atoms with Crippen LogP contribution in [0.4, 0.5) is 0 Å². The summed E-state index contributed by atoms with van der Waals surface area (Å²) in [6.07, 6.45) is 5.31. The molecule has 0 bridgehead atoms. The van der Waals surface area contributed by atoms with Gasteiger partial charge in [0.15, 0.2) is 0 Å². The molecule has 5 heteroatoms. The van der Waals surface area contributed by atoms with Gasteiger partial charge in [0, 0.05) is 18.9 Å². The number of halogens is 2. The van der Waals surface area contributed by atoms with E-state index in [1.54, 1.807) is 12.5 Å². The number of hydrogen-bond acceptors (Lipinski definition) is 3. The summed E-state index contributed by atoms with van der Waals surface area (Å²) in [6, 6.07) is 7.82. The van der Waals surface area contributed by atoms with Crippen molar-refractivity contribution in [1.82, 2.24) is 10.3 Å². The van der Waals surface area contributed by atoms with Gasteiger partial charge in [0.25, 0.3) is 0 Å². The Morgan fingerprint density at radius 3 is 2.62 bits per heavy atom. The van der Waals surface area contributed by atoms with Crippen molar-refractivity contribution in [2.24, 2.45) is 0 Å². The molecular weight excluding hydrogens is 336 g/mol. The van der Waals surface area contributed by atoms with Gasteiger partial charge >= 0.3 is 0 Å². The van der Waals surface area contributed by atoms with Crippen LogP contribution in [0.3, 0.4) is 0 Å². The third-order valence-electron chi connectivity index (χ3n) is 1.93. The molecule has 0 saturated heterocycles. The summed E-state index contributed by atoms with van der Waals surface area (Å²) in [5.74, 6) is 0.953. The van der Waals surface area contributed by atoms with Gasteiger partial charge in [0.05, 0.1) is 12.8 Å². The van der Waals surface area contributed by atoms with Crippen LogP contribution in [0.25, 0.3) is 0 Å². The minimum absolute atomic E-state index is 0. The monoisotopic (exact) mass is 346 g/mol. The van der Waals surface area contributed by atoms with Gasteiger partial charge in [-0.3, -0.25) is 4.98 Å². The van der Waals surface area contributed by atoms with Gasteiger partial charge in [0.2, 0.25) is 0 Å². The molecule has 0 fully saturated rings. The second-order valence-corrected chi connectivity index (χ2v) is 3.04. The summed E-state index contributed by atoms with van der Waals surface area (Å²) >= 11 is 0. The average Bonchev–Trinajstić information content (AvgIpc) is 2.72. The molecule has 2 heterocycles. The fraction of sp³-hybridized carbons (Fsp3) is 0.182. The second-order valence-electron chi connectivity index (χ2n) is 3.04. The molecule has 0 radical (unpaired) electrons. The minimum atomic E-state index is 0. The molecule has 0 atom stereocenters. The Morgan fingerprint density at radius 2 is 2.00 bits per heavy atom. The molecule has 0 aromatic carbocycles. The molecule has 0 aliphatic rings. The maximum absolute atomic E-state index is 5.19. The van der Waals surface area contributed by atoms with Crippen molar-refractivity contribution in [1.29, 1.82) is 0 Å². The molecule has 0 spiro atoms. The normalized spacial score (nSPS) is 9.00. The van der Waals surface area contributed by atoms with Gasteiger partial charge in [-0.25, -0.2) is 0 Å². The van der Waals surface area contributed by atoms with Crippen LogP contribution >= 0.6 is 0 Å². The highest BCUT2D eigenvalue weighted by molar-refractivity contribution is 5.08. The Labute approximate surface area is 116 Å². The SMILES string of the molecule is [Br-].[Br-].c1cncc(CNCc2ccco2)c1. The number of nitrogens with zero attached hydrogens (tertiary/aromatic N) is 1. The maximum atomic E-state index is 5.19. The summed E-state index contributed by atoms with van der Waals surface area (Å²) in [6.45, 7) is 1.57. The zero-order valence-electron chi connectivity index (χ0n) is 8.57. The van der Waals surface area contributed by atoms with Gasteiger partial charge in [-0.1, -0.05) is 6.07 Å². The summed E-state index contributed by atoms with van der Waals surface area (Å²) in [4.78, 5) is 4.04. The Balaban J connectivity index is 0.00000112. The lowest BCUT2D eigenvalue weighted by atomic mass is 10.3. The van der Waals surface area contributed by atoms with Crippen molar-refractivity contribution in [3.05, 3.63) is 54.2 Å². The average molecular weight is 348 g/mol. The molecule has 16 heavy (non-hydrogen) atoms. The van der Waals surface area contributed by atoms with E-state index >= 15 is 0 Å². The van der Waals surface area contributed by atoms with Crippen LogP contribution in [0.1, 0.15) is 11.3 Å². The van der Waals surface area contributed by atoms with Crippen molar-refractivity contribution in [2.45, 2.75) is 13.1 Å². The van der Waals surface area contributed by atoms with E-state index in [1.807, 2.05) is 30.5 Å². The van der Waals surface area contributed by atoms with E-state index in [2.05, 4.69) is 10.3 Å². The van der Waals surface area contributed by atoms with Gasteiger partial charge < -0.3 is 43.7 Å². The molecule has 0 aliphatic heterocycles. The zero-order chi connectivity index (χ0) is 9.64. The first kappa shape index (κ1) is 15.3. The van der Waals surface area contributed by atoms with Crippen LogP contribution in [0, 0.1) is 0 Å². The van der Waals surface area contributed by atoms with Gasteiger partial charge in [-0.05, 0) is 23.8 Å². The Hall–Kier alpha value is -0.650. The summed E-state index contributed by atoms with van der Waals surface area (Å²) in [5.41, 5.74) is 1.18. The van der Waals surface area contributed by atoms with Crippen molar-refractivity contribution < 1.29 is 38.4 Å². The molecule has 0 amide bonds. The first-order valence-electron chi connectivity index (χ1n) is 4.57. The largest absolute Gasteiger partial charge is 1.00 e. The van der Waals surface area contributed by atoms with Crippen LogP contribution in [0.15, 0.2) is 47.3 Å². The number of rotatable bonds is 4. The number of furan rings is 1. The van der Waals surface area contributed by atoms with E-state index in [9.17, 15) is 0 Å². The predicted octanol–water partition coefficient (Wildman–Crippen LogP) is -4.03. The molecule has 2 aromatic rings. The van der Waals surface area contributed by atoms with E-state index < -0.39 is 0 Å². The lowest BCUT2D eigenvalue weighted by Crippen LogP contribution is -3.00. The Morgan fingerprint density at radius 1 is 1.12 bits per heavy atom. The zero-order valence-corrected chi connectivity index (χ0v) is 11.7. The third-order valence-corrected chi connectivity index (χ3v) is 1.93. The van der Waals surface area contributed by atoms with E-state index in [0.717, 1.165) is 18.8 Å². The molecule has 88 valence electrons. The number of nitrogens with one attached hydrogen (secondary N) is 1. The lowest BCUT2D eigenvalue weighted by Gasteiger charge is -2.01. The van der Waals surface area contributed by atoms with Gasteiger partial charge in [0.1, 0.15) is 5.76 Å². The molecule has 2 aromatic heterocycles. The second kappa shape index (κ2) is 8.50. The van der Waals surface area contributed by atoms with Crippen LogP contribution in [0.5, 0.6) is 0 Å². The third kappa shape index (κ3) is 4.92. The summed E-state index contributed by atoms with van der Waals surface area (Å²) in [5, 5.41) is 3.27. The van der Waals surface area contributed by atoms with Gasteiger partial charge in [-0.2, -0.15) is 0 Å². The lowest BCUT2D eigenvalue weighted by molar-refractivity contribution is -0.001000. The number of pyridine rings is 1. The fourth-order valence-corrected chi connectivity index (χ4v) is 1.25. The van der Waals surface area contributed by atoms with Gasteiger partial charge in [-0.15, -0.1) is 0 Å². The Kier molecular flexibility index (Phi) is 8.15. The smallest absolute Gasteiger partial charge is 0.117 e. The molecule has 2 rings (SSSR count). The highest BCUT2D eigenvalue weighted by atomic mass is 79.9. The molecular formula is C11H12Br2N2O-2. The fourth-order valence-electron chi connectivity index (χ4n) is 1.25. The topological polar surface area (TPSA) is 38.1 Å². The standard InChI is InChI=1S/C11H12N2O.2BrH/c1-3-10(7-12-5-1)8-13-9-11-4-2-6-14-11;;/h1-7,13H,8-9H2;2*1H/p-2. The summed E-state index contributed by atoms with van der Waals surface area (Å²) < 4.78 is 5.19. The van der Waals surface area contributed by atoms with E-state index in [0.29, 0.717) is 0 Å². The highest BCUT2D eigenvalue weighted by Gasteiger charge is 1.95. The molecule has 0 unspecified atom stereocenters. The predicted molar refractivity (Wildman–Crippen MR) is 53.5 cm³/mol. The van der Waals surface area contributed by atoms with E-state index in [-0.39, 0.29) is 34.0 Å². The molecule has 1 N–H and O–H groups in total. The molecule has 3 nitrogen and oxygen atoms in total. The highest BCUT2D eigenvalue weighted by Crippen LogP contribution is 2.00. The van der Waals surface area contributed by atoms with Crippen molar-refractivity contribution in [3.63, 3.8) is 0 Å².